The first kappa shape index (κ1) is 12.5. The normalized spacial score (nSPS) is 14.2. The molecule has 0 aromatic carbocycles. The molecule has 0 atom stereocenters. The number of aryl methyl sites for hydroxylation is 1. The van der Waals surface area contributed by atoms with Crippen LogP contribution < -0.4 is 5.32 Å². The molecule has 90 valence electrons. The maximum absolute atomic E-state index is 8.77. The zero-order valence-corrected chi connectivity index (χ0v) is 11.3. The Hall–Kier alpha value is -0.990. The molecule has 2 rings (SSSR count). The summed E-state index contributed by atoms with van der Waals surface area (Å²) in [6.45, 7) is 3.94. The second-order valence-electron chi connectivity index (χ2n) is 4.56. The molecule has 1 aliphatic rings. The van der Waals surface area contributed by atoms with Crippen molar-refractivity contribution in [2.45, 2.75) is 37.1 Å². The lowest BCUT2D eigenvalue weighted by molar-refractivity contribution is 0.577. The molecule has 4 nitrogen and oxygen atoms in total. The van der Waals surface area contributed by atoms with Gasteiger partial charge in [-0.15, -0.1) is 11.8 Å². The number of aromatic nitrogens is 2. The zero-order valence-electron chi connectivity index (χ0n) is 9.75. The van der Waals surface area contributed by atoms with Crippen LogP contribution in [-0.2, 0) is 6.42 Å². The van der Waals surface area contributed by atoms with E-state index in [9.17, 15) is 0 Å². The van der Waals surface area contributed by atoms with Gasteiger partial charge in [0.15, 0.2) is 0 Å². The first-order chi connectivity index (χ1) is 8.02. The van der Waals surface area contributed by atoms with E-state index in [4.69, 9.17) is 16.9 Å². The molecule has 1 aromatic rings. The van der Waals surface area contributed by atoms with Gasteiger partial charge in [0, 0.05) is 17.7 Å². The van der Waals surface area contributed by atoms with Crippen molar-refractivity contribution in [3.05, 3.63) is 11.0 Å². The molecule has 2 heterocycles. The van der Waals surface area contributed by atoms with Crippen LogP contribution in [0.4, 0.5) is 5.82 Å². The Morgan fingerprint density at radius 1 is 1.53 bits per heavy atom. The summed E-state index contributed by atoms with van der Waals surface area (Å²) in [4.78, 5) is 9.51. The van der Waals surface area contributed by atoms with E-state index in [-0.39, 0.29) is 10.8 Å². The first-order valence-electron chi connectivity index (χ1n) is 5.36. The molecule has 0 radical (unpaired) electrons. The molecule has 0 bridgehead atoms. The number of hydrogen-bond donors (Lipinski definition) is 1. The summed E-state index contributed by atoms with van der Waals surface area (Å²) >= 11 is 7.63. The quantitative estimate of drug-likeness (QED) is 0.854. The molecule has 0 aliphatic carbocycles. The van der Waals surface area contributed by atoms with Crippen LogP contribution in [0.1, 0.15) is 26.0 Å². The molecular formula is C11H13ClN4S. The average Bonchev–Trinajstić information content (AvgIpc) is 2.64. The largest absolute Gasteiger partial charge is 0.363 e. The van der Waals surface area contributed by atoms with E-state index in [0.717, 1.165) is 28.6 Å². The van der Waals surface area contributed by atoms with Gasteiger partial charge in [0.1, 0.15) is 5.82 Å². The Balaban J connectivity index is 2.31. The predicted octanol–water partition coefficient (Wildman–Crippen LogP) is 2.88. The Morgan fingerprint density at radius 2 is 2.29 bits per heavy atom. The maximum atomic E-state index is 8.77. The maximum Gasteiger partial charge on any atom is 0.224 e. The van der Waals surface area contributed by atoms with E-state index >= 15 is 0 Å². The van der Waals surface area contributed by atoms with Gasteiger partial charge in [0.05, 0.1) is 23.1 Å². The van der Waals surface area contributed by atoms with Gasteiger partial charge in [-0.1, -0.05) is 0 Å². The summed E-state index contributed by atoms with van der Waals surface area (Å²) in [5, 5.41) is 12.3. The number of rotatable bonds is 3. The number of hydrogen-bond acceptors (Lipinski definition) is 5. The molecule has 1 N–H and O–H groups in total. The minimum absolute atomic E-state index is 0.265. The number of halogens is 1. The molecule has 0 spiro atoms. The minimum atomic E-state index is -0.316. The number of nitrogens with zero attached hydrogens (tertiary/aromatic N) is 3. The third-order valence-electron chi connectivity index (χ3n) is 2.47. The highest BCUT2D eigenvalue weighted by molar-refractivity contribution is 7.99. The van der Waals surface area contributed by atoms with Gasteiger partial charge in [-0.3, -0.25) is 0 Å². The Bertz CT molecular complexity index is 481. The third-order valence-corrected chi connectivity index (χ3v) is 3.77. The molecule has 0 unspecified atom stereocenters. The van der Waals surface area contributed by atoms with Gasteiger partial charge in [-0.05, 0) is 25.4 Å². The molecule has 0 saturated heterocycles. The van der Waals surface area contributed by atoms with Gasteiger partial charge in [0.25, 0.3) is 0 Å². The monoisotopic (exact) mass is 268 g/mol. The van der Waals surface area contributed by atoms with Crippen LogP contribution in [0.2, 0.25) is 5.28 Å². The van der Waals surface area contributed by atoms with E-state index in [1.807, 2.05) is 13.8 Å². The summed E-state index contributed by atoms with van der Waals surface area (Å²) in [6.07, 6.45) is 1.34. The van der Waals surface area contributed by atoms with Gasteiger partial charge in [-0.25, -0.2) is 4.98 Å². The van der Waals surface area contributed by atoms with E-state index in [0.29, 0.717) is 6.42 Å². The Labute approximate surface area is 110 Å². The number of nitrogens with one attached hydrogen (secondary N) is 1. The van der Waals surface area contributed by atoms with Crippen molar-refractivity contribution >= 4 is 29.2 Å². The summed E-state index contributed by atoms with van der Waals surface area (Å²) in [7, 11) is 0. The van der Waals surface area contributed by atoms with Crippen LogP contribution >= 0.6 is 23.4 Å². The van der Waals surface area contributed by atoms with Crippen molar-refractivity contribution in [1.29, 1.82) is 5.26 Å². The standard InChI is InChI=1S/C11H13ClN4S/c1-11(2,4-5-13)16-9-8-7(3-6-17-8)14-10(12)15-9/h3-4,6H2,1-2H3,(H,14,15,16). The smallest absolute Gasteiger partial charge is 0.224 e. The number of anilines is 1. The molecule has 0 saturated carbocycles. The number of fused-ring (bicyclic) bond motifs is 1. The van der Waals surface area contributed by atoms with Crippen LogP contribution in [0.25, 0.3) is 0 Å². The second kappa shape index (κ2) is 4.71. The van der Waals surface area contributed by atoms with Crippen molar-refractivity contribution in [3.8, 4) is 6.07 Å². The van der Waals surface area contributed by atoms with E-state index in [1.165, 1.54) is 0 Å². The third kappa shape index (κ3) is 2.82. The lowest BCUT2D eigenvalue weighted by atomic mass is 10.0. The topological polar surface area (TPSA) is 61.6 Å². The van der Waals surface area contributed by atoms with Gasteiger partial charge >= 0.3 is 0 Å². The van der Waals surface area contributed by atoms with E-state index in [1.54, 1.807) is 11.8 Å². The van der Waals surface area contributed by atoms with Crippen molar-refractivity contribution < 1.29 is 0 Å². The lowest BCUT2D eigenvalue weighted by Gasteiger charge is -2.24. The van der Waals surface area contributed by atoms with Gasteiger partial charge in [0.2, 0.25) is 5.28 Å². The SMILES string of the molecule is CC(C)(CC#N)Nc1nc(Cl)nc2c1SCC2. The van der Waals surface area contributed by atoms with Gasteiger partial charge in [-0.2, -0.15) is 10.2 Å². The fraction of sp³-hybridized carbons (Fsp3) is 0.545. The highest BCUT2D eigenvalue weighted by Crippen LogP contribution is 2.37. The van der Waals surface area contributed by atoms with E-state index in [2.05, 4.69) is 21.4 Å². The molecule has 17 heavy (non-hydrogen) atoms. The van der Waals surface area contributed by atoms with Crippen molar-refractivity contribution in [3.63, 3.8) is 0 Å². The molecule has 1 aromatic heterocycles. The number of thioether (sulfide) groups is 1. The second-order valence-corrected chi connectivity index (χ2v) is 6.00. The zero-order chi connectivity index (χ0) is 12.5. The van der Waals surface area contributed by atoms with Crippen LogP contribution in [-0.4, -0.2) is 21.3 Å². The first-order valence-corrected chi connectivity index (χ1v) is 6.72. The predicted molar refractivity (Wildman–Crippen MR) is 69.4 cm³/mol. The summed E-state index contributed by atoms with van der Waals surface area (Å²) < 4.78 is 0. The van der Waals surface area contributed by atoms with Crippen LogP contribution in [0, 0.1) is 11.3 Å². The molecule has 0 fully saturated rings. The van der Waals surface area contributed by atoms with E-state index < -0.39 is 0 Å². The highest BCUT2D eigenvalue weighted by atomic mass is 35.5. The highest BCUT2D eigenvalue weighted by Gasteiger charge is 2.24. The number of nitriles is 1. The lowest BCUT2D eigenvalue weighted by Crippen LogP contribution is -2.31. The van der Waals surface area contributed by atoms with Crippen LogP contribution in [0.15, 0.2) is 4.90 Å². The fourth-order valence-corrected chi connectivity index (χ4v) is 2.92. The van der Waals surface area contributed by atoms with Crippen molar-refractivity contribution in [2.75, 3.05) is 11.1 Å². The average molecular weight is 269 g/mol. The summed E-state index contributed by atoms with van der Waals surface area (Å²) in [6, 6.07) is 2.16. The minimum Gasteiger partial charge on any atom is -0.363 e. The summed E-state index contributed by atoms with van der Waals surface area (Å²) in [5.74, 6) is 1.76. The molecular weight excluding hydrogens is 256 g/mol. The van der Waals surface area contributed by atoms with Crippen LogP contribution in [0.5, 0.6) is 0 Å². The van der Waals surface area contributed by atoms with Crippen molar-refractivity contribution in [1.82, 2.24) is 9.97 Å². The van der Waals surface area contributed by atoms with Crippen molar-refractivity contribution in [2.24, 2.45) is 0 Å². The summed E-state index contributed by atoms with van der Waals surface area (Å²) in [5.41, 5.74) is 0.689. The Morgan fingerprint density at radius 3 is 3.00 bits per heavy atom. The Kier molecular flexibility index (Phi) is 3.45. The van der Waals surface area contributed by atoms with Crippen LogP contribution in [0.3, 0.4) is 0 Å². The molecule has 1 aliphatic heterocycles. The molecule has 0 amide bonds. The fourth-order valence-electron chi connectivity index (χ4n) is 1.68. The molecule has 6 heteroatoms. The van der Waals surface area contributed by atoms with Gasteiger partial charge < -0.3 is 5.32 Å².